The van der Waals surface area contributed by atoms with E-state index in [9.17, 15) is 0 Å². The van der Waals surface area contributed by atoms with Crippen LogP contribution in [0, 0.1) is 0 Å². The van der Waals surface area contributed by atoms with Gasteiger partial charge in [0.15, 0.2) is 11.5 Å². The van der Waals surface area contributed by atoms with E-state index in [0.717, 1.165) is 28.6 Å². The molecule has 1 heterocycles. The van der Waals surface area contributed by atoms with E-state index in [1.54, 1.807) is 0 Å². The maximum absolute atomic E-state index is 5.71. The highest BCUT2D eigenvalue weighted by Crippen LogP contribution is 2.42. The summed E-state index contributed by atoms with van der Waals surface area (Å²) in [7, 11) is 0. The van der Waals surface area contributed by atoms with Gasteiger partial charge in [0.05, 0.1) is 11.4 Å². The van der Waals surface area contributed by atoms with E-state index in [-0.39, 0.29) is 12.4 Å². The molecule has 3 N–H and O–H groups in total. The molecule has 0 radical (unpaired) electrons. The molecule has 16 heavy (non-hydrogen) atoms. The lowest BCUT2D eigenvalue weighted by molar-refractivity contribution is 0.481. The predicted octanol–water partition coefficient (Wildman–Crippen LogP) is 3.54. The summed E-state index contributed by atoms with van der Waals surface area (Å²) >= 11 is 0. The lowest BCUT2D eigenvalue weighted by Gasteiger charge is -2.21. The molecule has 0 spiro atoms. The maximum atomic E-state index is 5.71. The number of hydrogen-bond acceptors (Lipinski definition) is 3. The lowest BCUT2D eigenvalue weighted by Crippen LogP contribution is -2.02. The van der Waals surface area contributed by atoms with Crippen LogP contribution in [0.4, 0.5) is 17.1 Å². The molecule has 1 aliphatic heterocycles. The molecule has 1 aliphatic rings. The van der Waals surface area contributed by atoms with Crippen molar-refractivity contribution < 1.29 is 4.74 Å². The smallest absolute Gasteiger partial charge is 0.151 e. The Balaban J connectivity index is 0.000000963. The second kappa shape index (κ2) is 3.94. The van der Waals surface area contributed by atoms with Gasteiger partial charge >= 0.3 is 0 Å². The van der Waals surface area contributed by atoms with Crippen molar-refractivity contribution in [1.29, 1.82) is 0 Å². The first-order valence-corrected chi connectivity index (χ1v) is 4.76. The largest absolute Gasteiger partial charge is 0.453 e. The Morgan fingerprint density at radius 1 is 0.938 bits per heavy atom. The fourth-order valence-electron chi connectivity index (χ4n) is 1.66. The number of anilines is 3. The van der Waals surface area contributed by atoms with Gasteiger partial charge in [-0.1, -0.05) is 12.1 Å². The summed E-state index contributed by atoms with van der Waals surface area (Å²) in [5, 5.41) is 3.28. The molecule has 0 amide bonds. The zero-order valence-corrected chi connectivity index (χ0v) is 9.25. The molecule has 0 saturated carbocycles. The number of nitrogen functional groups attached to an aromatic ring is 1. The molecule has 2 aromatic carbocycles. The number of ether oxygens (including phenoxy) is 1. The zero-order valence-electron chi connectivity index (χ0n) is 8.44. The topological polar surface area (TPSA) is 47.3 Å². The number of para-hydroxylation sites is 2. The van der Waals surface area contributed by atoms with Gasteiger partial charge in [0.2, 0.25) is 0 Å². The van der Waals surface area contributed by atoms with Crippen LogP contribution in [0.25, 0.3) is 0 Å². The Hall–Kier alpha value is -1.87. The SMILES string of the molecule is Cl.Nc1ccc2c(c1)Nc1ccccc1O2. The summed E-state index contributed by atoms with van der Waals surface area (Å²) in [5.74, 6) is 1.65. The fraction of sp³-hybridized carbons (Fsp3) is 0. The van der Waals surface area contributed by atoms with Crippen molar-refractivity contribution in [2.75, 3.05) is 11.1 Å². The molecule has 3 rings (SSSR count). The van der Waals surface area contributed by atoms with Crippen molar-refractivity contribution in [3.8, 4) is 11.5 Å². The number of fused-ring (bicyclic) bond motifs is 2. The highest BCUT2D eigenvalue weighted by atomic mass is 35.5. The number of benzene rings is 2. The van der Waals surface area contributed by atoms with Crippen molar-refractivity contribution in [3.63, 3.8) is 0 Å². The van der Waals surface area contributed by atoms with Crippen LogP contribution in [-0.2, 0) is 0 Å². The Morgan fingerprint density at radius 2 is 1.69 bits per heavy atom. The molecule has 2 aromatic rings. The highest BCUT2D eigenvalue weighted by Gasteiger charge is 2.15. The zero-order chi connectivity index (χ0) is 10.3. The second-order valence-electron chi connectivity index (χ2n) is 3.48. The van der Waals surface area contributed by atoms with E-state index in [1.165, 1.54) is 0 Å². The van der Waals surface area contributed by atoms with E-state index in [4.69, 9.17) is 10.5 Å². The molecular weight excluding hydrogens is 224 g/mol. The third-order valence-electron chi connectivity index (χ3n) is 2.38. The van der Waals surface area contributed by atoms with Crippen molar-refractivity contribution in [1.82, 2.24) is 0 Å². The molecular formula is C12H11ClN2O. The van der Waals surface area contributed by atoms with Crippen LogP contribution < -0.4 is 15.8 Å². The lowest BCUT2D eigenvalue weighted by atomic mass is 10.2. The average Bonchev–Trinajstić information content (AvgIpc) is 2.26. The number of halogens is 1. The Labute approximate surface area is 99.6 Å². The van der Waals surface area contributed by atoms with Crippen LogP contribution in [0.3, 0.4) is 0 Å². The Kier molecular flexibility index (Phi) is 2.62. The quantitative estimate of drug-likeness (QED) is 0.585. The third kappa shape index (κ3) is 1.66. The average molecular weight is 235 g/mol. The van der Waals surface area contributed by atoms with E-state index >= 15 is 0 Å². The summed E-state index contributed by atoms with van der Waals surface area (Å²) in [6, 6.07) is 13.4. The van der Waals surface area contributed by atoms with Crippen LogP contribution in [0.2, 0.25) is 0 Å². The Bertz CT molecular complexity index is 528. The van der Waals surface area contributed by atoms with Crippen LogP contribution in [0.15, 0.2) is 42.5 Å². The van der Waals surface area contributed by atoms with E-state index in [1.807, 2.05) is 42.5 Å². The van der Waals surface area contributed by atoms with Gasteiger partial charge in [0, 0.05) is 5.69 Å². The first-order chi connectivity index (χ1) is 7.33. The van der Waals surface area contributed by atoms with E-state index in [0.29, 0.717) is 0 Å². The number of nitrogens with two attached hydrogens (primary N) is 1. The van der Waals surface area contributed by atoms with Crippen molar-refractivity contribution in [2.45, 2.75) is 0 Å². The molecule has 0 unspecified atom stereocenters. The van der Waals surface area contributed by atoms with Crippen molar-refractivity contribution >= 4 is 29.5 Å². The summed E-state index contributed by atoms with van der Waals surface area (Å²) < 4.78 is 5.71. The first-order valence-electron chi connectivity index (χ1n) is 4.76. The minimum absolute atomic E-state index is 0. The van der Waals surface area contributed by atoms with Gasteiger partial charge in [-0.25, -0.2) is 0 Å². The van der Waals surface area contributed by atoms with Gasteiger partial charge in [-0.05, 0) is 30.3 Å². The molecule has 0 aromatic heterocycles. The summed E-state index contributed by atoms with van der Waals surface area (Å²) in [6.45, 7) is 0. The van der Waals surface area contributed by atoms with Crippen LogP contribution in [-0.4, -0.2) is 0 Å². The molecule has 0 aliphatic carbocycles. The molecule has 0 fully saturated rings. The summed E-state index contributed by atoms with van der Waals surface area (Å²) in [6.07, 6.45) is 0. The van der Waals surface area contributed by atoms with Gasteiger partial charge in [-0.3, -0.25) is 0 Å². The fourth-order valence-corrected chi connectivity index (χ4v) is 1.66. The molecule has 3 nitrogen and oxygen atoms in total. The number of rotatable bonds is 0. The normalized spacial score (nSPS) is 11.2. The minimum atomic E-state index is 0. The third-order valence-corrected chi connectivity index (χ3v) is 2.38. The van der Waals surface area contributed by atoms with Crippen molar-refractivity contribution in [2.24, 2.45) is 0 Å². The number of nitrogens with one attached hydrogen (secondary N) is 1. The highest BCUT2D eigenvalue weighted by molar-refractivity contribution is 5.85. The minimum Gasteiger partial charge on any atom is -0.453 e. The molecule has 0 bridgehead atoms. The number of hydrogen-bond donors (Lipinski definition) is 2. The molecule has 82 valence electrons. The standard InChI is InChI=1S/C12H10N2O.ClH/c13-8-5-6-12-10(7-8)14-9-3-1-2-4-11(9)15-12;/h1-7,14H,13H2;1H. The Morgan fingerprint density at radius 3 is 2.56 bits per heavy atom. The van der Waals surface area contributed by atoms with Gasteiger partial charge < -0.3 is 15.8 Å². The van der Waals surface area contributed by atoms with Crippen molar-refractivity contribution in [3.05, 3.63) is 42.5 Å². The second-order valence-corrected chi connectivity index (χ2v) is 3.48. The first kappa shape index (κ1) is 10.6. The monoisotopic (exact) mass is 234 g/mol. The van der Waals surface area contributed by atoms with Gasteiger partial charge in [0.25, 0.3) is 0 Å². The van der Waals surface area contributed by atoms with Gasteiger partial charge in [-0.2, -0.15) is 0 Å². The van der Waals surface area contributed by atoms with Crippen LogP contribution in [0.5, 0.6) is 11.5 Å². The van der Waals surface area contributed by atoms with E-state index < -0.39 is 0 Å². The van der Waals surface area contributed by atoms with Gasteiger partial charge in [-0.15, -0.1) is 12.4 Å². The van der Waals surface area contributed by atoms with Crippen LogP contribution in [0.1, 0.15) is 0 Å². The predicted molar refractivity (Wildman–Crippen MR) is 67.9 cm³/mol. The van der Waals surface area contributed by atoms with E-state index in [2.05, 4.69) is 5.32 Å². The maximum Gasteiger partial charge on any atom is 0.151 e. The van der Waals surface area contributed by atoms with Crippen LogP contribution >= 0.6 is 12.4 Å². The summed E-state index contributed by atoms with van der Waals surface area (Å²) in [5.41, 5.74) is 8.31. The molecule has 0 atom stereocenters. The van der Waals surface area contributed by atoms with Gasteiger partial charge in [0.1, 0.15) is 0 Å². The summed E-state index contributed by atoms with van der Waals surface area (Å²) in [4.78, 5) is 0. The molecule has 0 saturated heterocycles. The molecule has 4 heteroatoms.